The van der Waals surface area contributed by atoms with Crippen molar-refractivity contribution in [2.24, 2.45) is 0 Å². The van der Waals surface area contributed by atoms with Gasteiger partial charge >= 0.3 is 0 Å². The van der Waals surface area contributed by atoms with Crippen LogP contribution in [0.1, 0.15) is 36.9 Å². The van der Waals surface area contributed by atoms with E-state index in [0.29, 0.717) is 6.04 Å². The van der Waals surface area contributed by atoms with E-state index in [1.165, 1.54) is 16.4 Å². The van der Waals surface area contributed by atoms with E-state index in [4.69, 9.17) is 0 Å². The van der Waals surface area contributed by atoms with Crippen molar-refractivity contribution in [3.8, 4) is 0 Å². The normalized spacial score (nSPS) is 13.2. The van der Waals surface area contributed by atoms with Crippen molar-refractivity contribution < 1.29 is 0 Å². The Balaban J connectivity index is 2.83. The van der Waals surface area contributed by atoms with Crippen molar-refractivity contribution in [3.05, 3.63) is 10.6 Å². The highest BCUT2D eigenvalue weighted by Gasteiger charge is 2.14. The lowest BCUT2D eigenvalue weighted by Crippen LogP contribution is -2.15. The van der Waals surface area contributed by atoms with Crippen LogP contribution in [0.4, 0.5) is 0 Å². The molecule has 1 aromatic heterocycles. The Labute approximate surface area is 77.4 Å². The summed E-state index contributed by atoms with van der Waals surface area (Å²) < 4.78 is 3.96. The molecule has 0 aliphatic rings. The summed E-state index contributed by atoms with van der Waals surface area (Å²) in [4.78, 5) is 1.29. The minimum Gasteiger partial charge on any atom is -0.312 e. The molecule has 0 aliphatic carbocycles. The first-order valence-electron chi connectivity index (χ1n) is 4.31. The molecule has 0 spiro atoms. The van der Waals surface area contributed by atoms with E-state index < -0.39 is 0 Å². The van der Waals surface area contributed by atoms with E-state index in [0.717, 1.165) is 18.5 Å². The van der Waals surface area contributed by atoms with Crippen LogP contribution in [0.5, 0.6) is 0 Å². The molecule has 0 saturated heterocycles. The molecule has 1 aromatic rings. The van der Waals surface area contributed by atoms with Crippen LogP contribution in [-0.4, -0.2) is 16.6 Å². The van der Waals surface area contributed by atoms with Gasteiger partial charge in [-0.1, -0.05) is 18.3 Å². The van der Waals surface area contributed by atoms with Gasteiger partial charge in [0.15, 0.2) is 0 Å². The monoisotopic (exact) mass is 185 g/mol. The number of aryl methyl sites for hydroxylation is 1. The van der Waals surface area contributed by atoms with Gasteiger partial charge in [0, 0.05) is 6.04 Å². The molecule has 0 fully saturated rings. The summed E-state index contributed by atoms with van der Waals surface area (Å²) in [7, 11) is 1.98. The molecule has 0 bridgehead atoms. The Kier molecular flexibility index (Phi) is 3.62. The second-order valence-corrected chi connectivity index (χ2v) is 3.47. The highest BCUT2D eigenvalue weighted by Crippen LogP contribution is 2.22. The van der Waals surface area contributed by atoms with Gasteiger partial charge in [-0.05, 0) is 31.4 Å². The molecular formula is C8H15N3S. The van der Waals surface area contributed by atoms with Crippen LogP contribution in [0.3, 0.4) is 0 Å². The highest BCUT2D eigenvalue weighted by atomic mass is 32.1. The van der Waals surface area contributed by atoms with Gasteiger partial charge in [0.2, 0.25) is 0 Å². The molecule has 1 rings (SSSR count). The van der Waals surface area contributed by atoms with Gasteiger partial charge in [-0.3, -0.25) is 0 Å². The maximum absolute atomic E-state index is 4.08. The van der Waals surface area contributed by atoms with Crippen molar-refractivity contribution in [1.29, 1.82) is 0 Å². The first-order chi connectivity index (χ1) is 5.83. The first-order valence-corrected chi connectivity index (χ1v) is 5.09. The SMILES string of the molecule is CCc1nnsc1C(CC)NC. The fourth-order valence-corrected chi connectivity index (χ4v) is 2.18. The Bertz CT molecular complexity index is 230. The molecule has 0 saturated carbocycles. The third-order valence-electron chi connectivity index (χ3n) is 1.99. The first kappa shape index (κ1) is 9.61. The molecule has 12 heavy (non-hydrogen) atoms. The fourth-order valence-electron chi connectivity index (χ4n) is 1.25. The van der Waals surface area contributed by atoms with Gasteiger partial charge < -0.3 is 5.32 Å². The lowest BCUT2D eigenvalue weighted by molar-refractivity contribution is 0.580. The molecule has 0 radical (unpaired) electrons. The smallest absolute Gasteiger partial charge is 0.0800 e. The van der Waals surface area contributed by atoms with Crippen molar-refractivity contribution in [2.45, 2.75) is 32.7 Å². The molecule has 4 heteroatoms. The zero-order valence-electron chi connectivity index (χ0n) is 7.79. The maximum Gasteiger partial charge on any atom is 0.0800 e. The summed E-state index contributed by atoms with van der Waals surface area (Å²) in [5.41, 5.74) is 1.14. The largest absolute Gasteiger partial charge is 0.312 e. The summed E-state index contributed by atoms with van der Waals surface area (Å²) in [6, 6.07) is 0.431. The number of hydrogen-bond donors (Lipinski definition) is 1. The number of nitrogens with one attached hydrogen (secondary N) is 1. The maximum atomic E-state index is 4.08. The van der Waals surface area contributed by atoms with Gasteiger partial charge in [0.1, 0.15) is 0 Å². The third kappa shape index (κ3) is 1.81. The minimum atomic E-state index is 0.431. The van der Waals surface area contributed by atoms with Gasteiger partial charge in [-0.25, -0.2) is 0 Å². The third-order valence-corrected chi connectivity index (χ3v) is 2.87. The predicted octanol–water partition coefficient (Wildman–Crippen LogP) is 1.77. The highest BCUT2D eigenvalue weighted by molar-refractivity contribution is 7.05. The molecule has 0 aromatic carbocycles. The van der Waals surface area contributed by atoms with Crippen LogP contribution in [0, 0.1) is 0 Å². The second kappa shape index (κ2) is 4.52. The molecule has 1 heterocycles. The number of aromatic nitrogens is 2. The summed E-state index contributed by atoms with van der Waals surface area (Å²) in [5.74, 6) is 0. The van der Waals surface area contributed by atoms with Crippen LogP contribution >= 0.6 is 11.5 Å². The van der Waals surface area contributed by atoms with Crippen LogP contribution in [0.25, 0.3) is 0 Å². The van der Waals surface area contributed by atoms with Gasteiger partial charge in [-0.2, -0.15) is 0 Å². The van der Waals surface area contributed by atoms with E-state index in [9.17, 15) is 0 Å². The zero-order valence-corrected chi connectivity index (χ0v) is 8.61. The Morgan fingerprint density at radius 1 is 1.50 bits per heavy atom. The van der Waals surface area contributed by atoms with Gasteiger partial charge in [0.05, 0.1) is 10.6 Å². The molecule has 1 atom stereocenters. The van der Waals surface area contributed by atoms with E-state index in [1.807, 2.05) is 7.05 Å². The fraction of sp³-hybridized carbons (Fsp3) is 0.750. The molecule has 1 N–H and O–H groups in total. The summed E-state index contributed by atoms with van der Waals surface area (Å²) in [5, 5.41) is 7.34. The predicted molar refractivity (Wildman–Crippen MR) is 51.4 cm³/mol. The van der Waals surface area contributed by atoms with Crippen LogP contribution in [0.2, 0.25) is 0 Å². The van der Waals surface area contributed by atoms with Crippen LogP contribution in [-0.2, 0) is 6.42 Å². The number of rotatable bonds is 4. The summed E-state index contributed by atoms with van der Waals surface area (Å²) in [6.45, 7) is 4.28. The number of hydrogen-bond acceptors (Lipinski definition) is 4. The molecule has 1 unspecified atom stereocenters. The van der Waals surface area contributed by atoms with Crippen molar-refractivity contribution in [2.75, 3.05) is 7.05 Å². The molecule has 3 nitrogen and oxygen atoms in total. The van der Waals surface area contributed by atoms with Crippen LogP contribution in [0.15, 0.2) is 0 Å². The average molecular weight is 185 g/mol. The zero-order chi connectivity index (χ0) is 8.97. The molecular weight excluding hydrogens is 170 g/mol. The van der Waals surface area contributed by atoms with Crippen LogP contribution < -0.4 is 5.32 Å². The molecule has 68 valence electrons. The lowest BCUT2D eigenvalue weighted by Gasteiger charge is -2.11. The average Bonchev–Trinajstić information content (AvgIpc) is 2.55. The topological polar surface area (TPSA) is 37.8 Å². The van der Waals surface area contributed by atoms with Gasteiger partial charge in [0.25, 0.3) is 0 Å². The van der Waals surface area contributed by atoms with Crippen molar-refractivity contribution in [1.82, 2.24) is 14.9 Å². The van der Waals surface area contributed by atoms with E-state index in [1.54, 1.807) is 0 Å². The summed E-state index contributed by atoms with van der Waals surface area (Å²) >= 11 is 1.51. The van der Waals surface area contributed by atoms with Crippen molar-refractivity contribution in [3.63, 3.8) is 0 Å². The van der Waals surface area contributed by atoms with E-state index in [2.05, 4.69) is 28.8 Å². The Hall–Kier alpha value is -0.480. The molecule has 0 aliphatic heterocycles. The number of nitrogens with zero attached hydrogens (tertiary/aromatic N) is 2. The van der Waals surface area contributed by atoms with Gasteiger partial charge in [-0.15, -0.1) is 5.10 Å². The lowest BCUT2D eigenvalue weighted by atomic mass is 10.1. The Morgan fingerprint density at radius 3 is 2.75 bits per heavy atom. The second-order valence-electron chi connectivity index (χ2n) is 2.69. The minimum absolute atomic E-state index is 0.431. The quantitative estimate of drug-likeness (QED) is 0.777. The Morgan fingerprint density at radius 2 is 2.25 bits per heavy atom. The van der Waals surface area contributed by atoms with E-state index in [-0.39, 0.29) is 0 Å². The van der Waals surface area contributed by atoms with E-state index >= 15 is 0 Å². The van der Waals surface area contributed by atoms with Crippen molar-refractivity contribution >= 4 is 11.5 Å². The molecule has 0 amide bonds. The standard InChI is InChI=1S/C8H15N3S/c1-4-6(9-3)8-7(5-2)10-11-12-8/h6,9H,4-5H2,1-3H3. The summed E-state index contributed by atoms with van der Waals surface area (Å²) in [6.07, 6.45) is 2.07.